The summed E-state index contributed by atoms with van der Waals surface area (Å²) in [5, 5.41) is 7.31. The summed E-state index contributed by atoms with van der Waals surface area (Å²) in [5.41, 5.74) is 0.0986. The number of aryl methyl sites for hydroxylation is 1. The molecule has 3 rings (SSSR count). The van der Waals surface area contributed by atoms with Gasteiger partial charge in [-0.2, -0.15) is 18.3 Å². The largest absolute Gasteiger partial charge is 0.435 e. The second-order valence-corrected chi connectivity index (χ2v) is 7.78. The van der Waals surface area contributed by atoms with E-state index < -0.39 is 17.8 Å². The Hall–Kier alpha value is -2.84. The molecule has 0 atom stereocenters. The highest BCUT2D eigenvalue weighted by Crippen LogP contribution is 2.32. The molecular formula is C22H19Cl2F3N4O. The molecule has 3 aromatic rings. The Morgan fingerprint density at radius 2 is 1.81 bits per heavy atom. The first-order chi connectivity index (χ1) is 15.1. The summed E-state index contributed by atoms with van der Waals surface area (Å²) in [7, 11) is 0. The fraction of sp³-hybridized carbons (Fsp3) is 0.227. The van der Waals surface area contributed by atoms with E-state index in [1.165, 1.54) is 23.7 Å². The highest BCUT2D eigenvalue weighted by atomic mass is 35.5. The summed E-state index contributed by atoms with van der Waals surface area (Å²) in [6.45, 7) is 3.27. The smallest absolute Gasteiger partial charge is 0.310 e. The molecule has 0 bridgehead atoms. The van der Waals surface area contributed by atoms with Crippen LogP contribution in [0.25, 0.3) is 0 Å². The van der Waals surface area contributed by atoms with E-state index in [2.05, 4.69) is 15.4 Å². The van der Waals surface area contributed by atoms with Crippen molar-refractivity contribution in [3.05, 3.63) is 81.1 Å². The Morgan fingerprint density at radius 3 is 2.41 bits per heavy atom. The van der Waals surface area contributed by atoms with E-state index in [1.54, 1.807) is 43.3 Å². The summed E-state index contributed by atoms with van der Waals surface area (Å²) in [6, 6.07) is 12.8. The standard InChI is InChI=1S/C22H19Cl2F3N4O/c1-3-31-18(13(2)20(30-31)22(25,26)27)12-19(28-17-6-4-5-16(24)11-17)29-21(32)14-7-9-15(23)10-8-14/h4-11H,3,12H2,1-2H3,(H,28,29,32). The lowest BCUT2D eigenvalue weighted by atomic mass is 10.1. The number of aromatic nitrogens is 2. The Kier molecular flexibility index (Phi) is 7.26. The lowest BCUT2D eigenvalue weighted by Crippen LogP contribution is -2.32. The van der Waals surface area contributed by atoms with Crippen molar-refractivity contribution in [2.45, 2.75) is 33.0 Å². The van der Waals surface area contributed by atoms with E-state index in [0.717, 1.165) is 0 Å². The van der Waals surface area contributed by atoms with Crippen molar-refractivity contribution < 1.29 is 18.0 Å². The fourth-order valence-corrected chi connectivity index (χ4v) is 3.43. The van der Waals surface area contributed by atoms with E-state index in [4.69, 9.17) is 23.2 Å². The number of carbonyl (C=O) groups is 1. The van der Waals surface area contributed by atoms with Crippen LogP contribution >= 0.6 is 23.2 Å². The van der Waals surface area contributed by atoms with Crippen LogP contribution in [0.5, 0.6) is 0 Å². The molecule has 0 unspecified atom stereocenters. The van der Waals surface area contributed by atoms with Crippen molar-refractivity contribution in [3.63, 3.8) is 0 Å². The van der Waals surface area contributed by atoms with Crippen molar-refractivity contribution in [2.24, 2.45) is 4.99 Å². The minimum atomic E-state index is -4.59. The van der Waals surface area contributed by atoms with E-state index in [9.17, 15) is 18.0 Å². The molecule has 1 amide bonds. The number of halogens is 5. The molecule has 10 heteroatoms. The van der Waals surface area contributed by atoms with Crippen molar-refractivity contribution in [1.29, 1.82) is 0 Å². The number of benzene rings is 2. The first-order valence-electron chi connectivity index (χ1n) is 9.62. The van der Waals surface area contributed by atoms with Crippen LogP contribution < -0.4 is 5.32 Å². The number of amides is 1. The molecule has 5 nitrogen and oxygen atoms in total. The molecule has 0 radical (unpaired) electrons. The zero-order valence-corrected chi connectivity index (χ0v) is 18.7. The van der Waals surface area contributed by atoms with Crippen LogP contribution in [0.15, 0.2) is 53.5 Å². The van der Waals surface area contributed by atoms with Crippen LogP contribution in [0, 0.1) is 6.92 Å². The highest BCUT2D eigenvalue weighted by molar-refractivity contribution is 6.31. The van der Waals surface area contributed by atoms with Gasteiger partial charge in [0.1, 0.15) is 5.84 Å². The molecule has 0 aliphatic heterocycles. The van der Waals surface area contributed by atoms with Gasteiger partial charge in [-0.25, -0.2) is 4.99 Å². The van der Waals surface area contributed by atoms with Crippen LogP contribution in [-0.2, 0) is 19.1 Å². The Morgan fingerprint density at radius 1 is 1.12 bits per heavy atom. The third-order valence-electron chi connectivity index (χ3n) is 4.66. The molecule has 1 aromatic heterocycles. The normalized spacial score (nSPS) is 12.2. The highest BCUT2D eigenvalue weighted by Gasteiger charge is 2.37. The SMILES string of the molecule is CCn1nc(C(F)(F)F)c(C)c1CC(=Nc1cccc(Cl)c1)NC(=O)c1ccc(Cl)cc1. The molecule has 1 N–H and O–H groups in total. The van der Waals surface area contributed by atoms with Gasteiger partial charge in [0, 0.05) is 39.8 Å². The molecule has 0 fully saturated rings. The number of amidine groups is 1. The second-order valence-electron chi connectivity index (χ2n) is 6.91. The van der Waals surface area contributed by atoms with E-state index >= 15 is 0 Å². The maximum atomic E-state index is 13.4. The number of carbonyl (C=O) groups excluding carboxylic acids is 1. The number of nitrogens with one attached hydrogen (secondary N) is 1. The van der Waals surface area contributed by atoms with Gasteiger partial charge in [-0.3, -0.25) is 9.48 Å². The average molecular weight is 483 g/mol. The number of nitrogens with zero attached hydrogens (tertiary/aromatic N) is 3. The summed E-state index contributed by atoms with van der Waals surface area (Å²) in [5.74, 6) is -0.322. The zero-order valence-electron chi connectivity index (χ0n) is 17.2. The van der Waals surface area contributed by atoms with Gasteiger partial charge < -0.3 is 5.32 Å². The minimum Gasteiger partial charge on any atom is -0.310 e. The van der Waals surface area contributed by atoms with Gasteiger partial charge in [-0.15, -0.1) is 0 Å². The lowest BCUT2D eigenvalue weighted by molar-refractivity contribution is -0.141. The second kappa shape index (κ2) is 9.75. The van der Waals surface area contributed by atoms with Crippen molar-refractivity contribution in [1.82, 2.24) is 15.1 Å². The molecule has 168 valence electrons. The topological polar surface area (TPSA) is 59.3 Å². The molecule has 2 aromatic carbocycles. The predicted octanol–water partition coefficient (Wildman–Crippen LogP) is 6.24. The van der Waals surface area contributed by atoms with Gasteiger partial charge in [0.25, 0.3) is 5.91 Å². The Bertz CT molecular complexity index is 1150. The van der Waals surface area contributed by atoms with Crippen molar-refractivity contribution >= 4 is 40.6 Å². The summed E-state index contributed by atoms with van der Waals surface area (Å²) >= 11 is 11.9. The van der Waals surface area contributed by atoms with Crippen LogP contribution in [0.3, 0.4) is 0 Å². The number of aliphatic imine (C=N–C) groups is 1. The molecular weight excluding hydrogens is 464 g/mol. The number of hydrogen-bond donors (Lipinski definition) is 1. The third-order valence-corrected chi connectivity index (χ3v) is 5.15. The van der Waals surface area contributed by atoms with Gasteiger partial charge in [0.2, 0.25) is 0 Å². The Labute approximate surface area is 192 Å². The predicted molar refractivity (Wildman–Crippen MR) is 119 cm³/mol. The van der Waals surface area contributed by atoms with Crippen LogP contribution in [-0.4, -0.2) is 21.5 Å². The van der Waals surface area contributed by atoms with Crippen LogP contribution in [0.1, 0.15) is 34.2 Å². The average Bonchev–Trinajstić information content (AvgIpc) is 3.04. The first kappa shape index (κ1) is 23.8. The maximum Gasteiger partial charge on any atom is 0.435 e. The van der Waals surface area contributed by atoms with Crippen LogP contribution in [0.2, 0.25) is 10.0 Å². The van der Waals surface area contributed by atoms with Gasteiger partial charge >= 0.3 is 6.18 Å². The van der Waals surface area contributed by atoms with Crippen molar-refractivity contribution in [3.8, 4) is 0 Å². The number of alkyl halides is 3. The minimum absolute atomic E-state index is 0.0149. The summed E-state index contributed by atoms with van der Waals surface area (Å²) < 4.78 is 41.4. The van der Waals surface area contributed by atoms with E-state index in [1.807, 2.05) is 0 Å². The van der Waals surface area contributed by atoms with Gasteiger partial charge in [-0.05, 0) is 56.3 Å². The molecule has 0 aliphatic rings. The third kappa shape index (κ3) is 5.69. The number of rotatable bonds is 5. The Balaban J connectivity index is 2.01. The van der Waals surface area contributed by atoms with Gasteiger partial charge in [-0.1, -0.05) is 29.3 Å². The summed E-state index contributed by atoms with van der Waals surface area (Å²) in [4.78, 5) is 17.2. The molecule has 0 spiro atoms. The fourth-order valence-electron chi connectivity index (χ4n) is 3.12. The van der Waals surface area contributed by atoms with E-state index in [0.29, 0.717) is 27.0 Å². The molecule has 0 saturated heterocycles. The molecule has 0 saturated carbocycles. The quantitative estimate of drug-likeness (QED) is 0.345. The molecule has 0 aliphatic carbocycles. The van der Waals surface area contributed by atoms with Crippen molar-refractivity contribution in [2.75, 3.05) is 0 Å². The zero-order chi connectivity index (χ0) is 23.5. The number of hydrogen-bond acceptors (Lipinski definition) is 3. The van der Waals surface area contributed by atoms with Crippen LogP contribution in [0.4, 0.5) is 18.9 Å². The summed E-state index contributed by atoms with van der Waals surface area (Å²) in [6.07, 6.45) is -4.66. The molecule has 32 heavy (non-hydrogen) atoms. The lowest BCUT2D eigenvalue weighted by Gasteiger charge is -2.12. The maximum absolute atomic E-state index is 13.4. The molecule has 1 heterocycles. The first-order valence-corrected chi connectivity index (χ1v) is 10.4. The van der Waals surface area contributed by atoms with E-state index in [-0.39, 0.29) is 24.4 Å². The van der Waals surface area contributed by atoms with Gasteiger partial charge in [0.15, 0.2) is 5.69 Å². The monoisotopic (exact) mass is 482 g/mol. The van der Waals surface area contributed by atoms with Gasteiger partial charge in [0.05, 0.1) is 5.69 Å².